The average molecular weight is 930 g/mol. The molecule has 0 amide bonds. The molecule has 4 heterocycles. The Kier molecular flexibility index (Phi) is 9.34. The highest BCUT2D eigenvalue weighted by Gasteiger charge is 2.52. The lowest BCUT2D eigenvalue weighted by molar-refractivity contribution is 0.589. The van der Waals surface area contributed by atoms with Crippen LogP contribution in [0.2, 0.25) is 0 Å². The van der Waals surface area contributed by atoms with Crippen LogP contribution >= 0.6 is 0 Å². The number of allylic oxidation sites excluding steroid dienone is 1. The molecule has 2 aliphatic heterocycles. The fraction of sp³-hybridized carbons (Fsp3) is 0.343. The van der Waals surface area contributed by atoms with Crippen molar-refractivity contribution in [3.05, 3.63) is 178 Å². The van der Waals surface area contributed by atoms with Gasteiger partial charge in [0, 0.05) is 55.3 Å². The second kappa shape index (κ2) is 14.5. The number of aromatic nitrogens is 2. The fourth-order valence-corrected chi connectivity index (χ4v) is 12.7. The van der Waals surface area contributed by atoms with Crippen LogP contribution in [0.3, 0.4) is 0 Å². The van der Waals surface area contributed by atoms with Crippen LogP contribution in [-0.2, 0) is 32.5 Å². The number of fused-ring (bicyclic) bond motifs is 12. The summed E-state index contributed by atoms with van der Waals surface area (Å²) in [6.07, 6.45) is 0. The number of benzene rings is 7. The highest BCUT2D eigenvalue weighted by atomic mass is 15.1. The van der Waals surface area contributed by atoms with E-state index in [1.807, 2.05) is 0 Å². The topological polar surface area (TPSA) is 13.1 Å². The predicted molar refractivity (Wildman–Crippen MR) is 308 cm³/mol. The van der Waals surface area contributed by atoms with E-state index >= 15 is 0 Å². The molecule has 7 aromatic carbocycles. The molecule has 3 nitrogen and oxygen atoms in total. The fourth-order valence-electron chi connectivity index (χ4n) is 12.7. The molecule has 71 heavy (non-hydrogen) atoms. The second-order valence-corrected chi connectivity index (χ2v) is 27.2. The van der Waals surface area contributed by atoms with Crippen LogP contribution in [0.4, 0.5) is 5.69 Å². The van der Waals surface area contributed by atoms with Crippen LogP contribution < -0.4 is 15.7 Å². The van der Waals surface area contributed by atoms with Crippen molar-refractivity contribution in [2.45, 2.75) is 150 Å². The first-order valence-electron chi connectivity index (χ1n) is 26.3. The van der Waals surface area contributed by atoms with Crippen molar-refractivity contribution in [1.82, 2.24) is 9.13 Å². The van der Waals surface area contributed by atoms with Crippen LogP contribution in [0.1, 0.15) is 162 Å². The molecule has 4 heteroatoms. The smallest absolute Gasteiger partial charge is 0.332 e. The van der Waals surface area contributed by atoms with Crippen LogP contribution in [-0.4, -0.2) is 16.0 Å². The Balaban J connectivity index is 1.29. The summed E-state index contributed by atoms with van der Waals surface area (Å²) in [7, 11) is 0. The van der Waals surface area contributed by atoms with Crippen molar-refractivity contribution in [3.8, 4) is 11.4 Å². The van der Waals surface area contributed by atoms with Gasteiger partial charge < -0.3 is 13.9 Å². The van der Waals surface area contributed by atoms with Crippen molar-refractivity contribution < 1.29 is 0 Å². The van der Waals surface area contributed by atoms with E-state index in [1.54, 1.807) is 0 Å². The normalized spacial score (nSPS) is 15.7. The molecule has 0 bridgehead atoms. The Morgan fingerprint density at radius 2 is 0.958 bits per heavy atom. The Bertz CT molecular complexity index is 3770. The van der Waals surface area contributed by atoms with E-state index in [1.165, 1.54) is 127 Å². The Morgan fingerprint density at radius 1 is 0.423 bits per heavy atom. The molecule has 0 radical (unpaired) electrons. The maximum atomic E-state index is 2.80. The maximum absolute atomic E-state index is 2.80. The minimum atomic E-state index is -0.267. The summed E-state index contributed by atoms with van der Waals surface area (Å²) < 4.78 is 5.31. The van der Waals surface area contributed by atoms with Gasteiger partial charge in [-0.1, -0.05) is 190 Å². The predicted octanol–water partition coefficient (Wildman–Crippen LogP) is 16.4. The first-order chi connectivity index (χ1) is 33.2. The molecule has 3 aliphatic rings. The maximum Gasteiger partial charge on any atom is 0.332 e. The van der Waals surface area contributed by atoms with E-state index in [0.717, 1.165) is 0 Å². The van der Waals surface area contributed by atoms with Crippen LogP contribution in [0.25, 0.3) is 60.6 Å². The lowest BCUT2D eigenvalue weighted by atomic mass is 9.43. The third-order valence-electron chi connectivity index (χ3n) is 16.8. The molecule has 1 aliphatic carbocycles. The molecular weight excluding hydrogens is 858 g/mol. The lowest BCUT2D eigenvalue weighted by Crippen LogP contribution is -2.64. The number of hydrogen-bond donors (Lipinski definition) is 0. The van der Waals surface area contributed by atoms with Crippen molar-refractivity contribution in [2.75, 3.05) is 4.81 Å². The summed E-state index contributed by atoms with van der Waals surface area (Å²) in [6, 6.07) is 50.8. The minimum Gasteiger partial charge on any atom is -0.379 e. The van der Waals surface area contributed by atoms with Gasteiger partial charge in [0.15, 0.2) is 0 Å². The Morgan fingerprint density at radius 3 is 1.56 bits per heavy atom. The molecule has 0 saturated carbocycles. The molecule has 0 saturated heterocycles. The number of rotatable bonds is 2. The molecule has 12 rings (SSSR count). The molecule has 9 aromatic rings. The van der Waals surface area contributed by atoms with Gasteiger partial charge in [-0.2, -0.15) is 0 Å². The summed E-state index contributed by atoms with van der Waals surface area (Å²) in [5.74, 6) is 0. The van der Waals surface area contributed by atoms with Crippen molar-refractivity contribution in [3.63, 3.8) is 0 Å². The molecule has 0 spiro atoms. The van der Waals surface area contributed by atoms with Gasteiger partial charge in [-0.25, -0.2) is 0 Å². The lowest BCUT2D eigenvalue weighted by Gasteiger charge is -2.46. The summed E-state index contributed by atoms with van der Waals surface area (Å²) in [6.45, 7) is 40.1. The Labute approximate surface area is 423 Å². The Hall–Kier alpha value is -6.26. The quantitative estimate of drug-likeness (QED) is 0.157. The van der Waals surface area contributed by atoms with Gasteiger partial charge in [-0.3, -0.25) is 0 Å². The van der Waals surface area contributed by atoms with Gasteiger partial charge in [-0.15, -0.1) is 0 Å². The van der Waals surface area contributed by atoms with E-state index in [9.17, 15) is 0 Å². The molecule has 0 atom stereocenters. The zero-order valence-corrected chi connectivity index (χ0v) is 45.5. The SMILES string of the molecule is CC(C)(C)c1ccc(N2B3c4c(cc(C(C)(C)C)cc4-n4c5ccc6c7cc(C(C)(C)C)ccc7n(-c7ccc(C(C)(C)C)cc7)c6c5c5cc(C(C)(C)C)cc3c54)C3=C2C(C)(C)c2ccccc23)cc1. The molecule has 0 unspecified atom stereocenters. The largest absolute Gasteiger partial charge is 0.379 e. The number of nitrogens with zero attached hydrogens (tertiary/aromatic N) is 3. The number of hydrogen-bond acceptors (Lipinski definition) is 1. The van der Waals surface area contributed by atoms with E-state index < -0.39 is 0 Å². The molecule has 2 aromatic heterocycles. The summed E-state index contributed by atoms with van der Waals surface area (Å²) >= 11 is 0. The monoisotopic (exact) mass is 930 g/mol. The van der Waals surface area contributed by atoms with Gasteiger partial charge in [0.1, 0.15) is 0 Å². The zero-order valence-electron chi connectivity index (χ0n) is 45.5. The number of anilines is 1. The standard InChI is InChI=1S/C67H72BN3/c1-62(2,3)39-22-27-44(28-23-39)69-53-32-26-41(64(7,8)9)34-48(53)46-31-33-54-57(60(46)69)50-36-42(65(10,11)12)37-52-59(50)70(54)55-38-43(66(13,14)15)35-49-56-47-20-18-19-21-51(47)67(16,17)61(56)71(68(52)58(49)55)45-29-24-40(25-30-45)63(4,5)6/h18-38H,1-17H3. The third kappa shape index (κ3) is 6.54. The van der Waals surface area contributed by atoms with Crippen molar-refractivity contribution >= 4 is 72.6 Å². The first-order valence-corrected chi connectivity index (χ1v) is 26.3. The van der Waals surface area contributed by atoms with E-state index in [4.69, 9.17) is 0 Å². The van der Waals surface area contributed by atoms with E-state index in [2.05, 4.69) is 259 Å². The molecule has 0 N–H and O–H groups in total. The van der Waals surface area contributed by atoms with Crippen molar-refractivity contribution in [2.24, 2.45) is 0 Å². The average Bonchev–Trinajstić information content (AvgIpc) is 3.89. The van der Waals surface area contributed by atoms with E-state index in [-0.39, 0.29) is 39.3 Å². The molecule has 0 fully saturated rings. The minimum absolute atomic E-state index is 0.00214. The summed E-state index contributed by atoms with van der Waals surface area (Å²) in [5, 5.41) is 5.24. The molecule has 358 valence electrons. The second-order valence-electron chi connectivity index (χ2n) is 27.2. The van der Waals surface area contributed by atoms with Crippen LogP contribution in [0, 0.1) is 0 Å². The highest BCUT2D eigenvalue weighted by Crippen LogP contribution is 2.55. The van der Waals surface area contributed by atoms with Crippen LogP contribution in [0.5, 0.6) is 0 Å². The van der Waals surface area contributed by atoms with E-state index in [0.29, 0.717) is 0 Å². The highest BCUT2D eigenvalue weighted by molar-refractivity contribution is 6.92. The van der Waals surface area contributed by atoms with Gasteiger partial charge >= 0.3 is 6.85 Å². The van der Waals surface area contributed by atoms with Gasteiger partial charge in [0.25, 0.3) is 0 Å². The van der Waals surface area contributed by atoms with Gasteiger partial charge in [0.05, 0.1) is 22.1 Å². The van der Waals surface area contributed by atoms with Crippen LogP contribution in [0.15, 0.2) is 133 Å². The van der Waals surface area contributed by atoms with Gasteiger partial charge in [-0.05, 0) is 137 Å². The summed E-state index contributed by atoms with van der Waals surface area (Å²) in [5.41, 5.74) is 24.8. The summed E-state index contributed by atoms with van der Waals surface area (Å²) in [4.78, 5) is 2.80. The van der Waals surface area contributed by atoms with Crippen molar-refractivity contribution in [1.29, 1.82) is 0 Å². The van der Waals surface area contributed by atoms with Gasteiger partial charge in [0.2, 0.25) is 0 Å². The first kappa shape index (κ1) is 45.9. The third-order valence-corrected chi connectivity index (χ3v) is 16.8. The molecular formula is C67H72BN3. The zero-order chi connectivity index (χ0) is 50.4.